The molecule has 0 fully saturated rings. The number of benzene rings is 3. The van der Waals surface area contributed by atoms with Crippen LogP contribution in [0.2, 0.25) is 0 Å². The molecule has 10 heteroatoms. The zero-order valence-corrected chi connectivity index (χ0v) is 18.7. The molecule has 1 unspecified atom stereocenters. The second-order valence-corrected chi connectivity index (χ2v) is 9.19. The predicted octanol–water partition coefficient (Wildman–Crippen LogP) is 3.94. The summed E-state index contributed by atoms with van der Waals surface area (Å²) in [6.07, 6.45) is 0. The van der Waals surface area contributed by atoms with Crippen LogP contribution >= 0.6 is 0 Å². The monoisotopic (exact) mass is 477 g/mol. The lowest BCUT2D eigenvalue weighted by molar-refractivity contribution is 0.0942. The van der Waals surface area contributed by atoms with Gasteiger partial charge in [-0.1, -0.05) is 12.1 Å². The molecule has 174 valence electrons. The molecule has 0 bridgehead atoms. The fourth-order valence-electron chi connectivity index (χ4n) is 3.15. The van der Waals surface area contributed by atoms with Crippen LogP contribution in [0.3, 0.4) is 0 Å². The van der Waals surface area contributed by atoms with Gasteiger partial charge in [-0.2, -0.15) is 0 Å². The number of anilines is 1. The standard InChI is InChI=1S/C23H22F3N3O3S/c1-29(2)22(16-4-3-5-17(24)12-16)14-27-23(30)15-6-8-18(9-7-15)28-33(31,32)19-10-11-20(25)21(26)13-19/h3-13,22,28H,14H2,1-2H3,(H,27,30). The number of rotatable bonds is 8. The van der Waals surface area contributed by atoms with Crippen molar-refractivity contribution in [3.63, 3.8) is 0 Å². The average molecular weight is 478 g/mol. The van der Waals surface area contributed by atoms with Gasteiger partial charge in [0.15, 0.2) is 11.6 Å². The summed E-state index contributed by atoms with van der Waals surface area (Å²) in [5.74, 6) is -3.20. The number of hydrogen-bond acceptors (Lipinski definition) is 4. The first-order valence-electron chi connectivity index (χ1n) is 9.85. The lowest BCUT2D eigenvalue weighted by Crippen LogP contribution is -2.34. The van der Waals surface area contributed by atoms with Crippen LogP contribution in [0.25, 0.3) is 0 Å². The number of amides is 1. The smallest absolute Gasteiger partial charge is 0.261 e. The van der Waals surface area contributed by atoms with Crippen molar-refractivity contribution in [2.75, 3.05) is 25.4 Å². The SMILES string of the molecule is CN(C)C(CNC(=O)c1ccc(NS(=O)(=O)c2ccc(F)c(F)c2)cc1)c1cccc(F)c1. The number of nitrogens with zero attached hydrogens (tertiary/aromatic N) is 1. The highest BCUT2D eigenvalue weighted by atomic mass is 32.2. The van der Waals surface area contributed by atoms with E-state index in [-0.39, 0.29) is 29.7 Å². The molecule has 0 aliphatic heterocycles. The summed E-state index contributed by atoms with van der Waals surface area (Å²) in [6, 6.07) is 13.7. The van der Waals surface area contributed by atoms with E-state index >= 15 is 0 Å². The van der Waals surface area contributed by atoms with Gasteiger partial charge in [-0.05, 0) is 74.3 Å². The average Bonchev–Trinajstić information content (AvgIpc) is 2.75. The summed E-state index contributed by atoms with van der Waals surface area (Å²) in [7, 11) is -0.514. The Morgan fingerprint density at radius 1 is 0.939 bits per heavy atom. The van der Waals surface area contributed by atoms with E-state index in [9.17, 15) is 26.4 Å². The van der Waals surface area contributed by atoms with Gasteiger partial charge in [0.2, 0.25) is 0 Å². The Balaban J connectivity index is 1.66. The summed E-state index contributed by atoms with van der Waals surface area (Å²) in [5.41, 5.74) is 1.13. The minimum Gasteiger partial charge on any atom is -0.350 e. The molecular formula is C23H22F3N3O3S. The van der Waals surface area contributed by atoms with Gasteiger partial charge < -0.3 is 10.2 Å². The molecule has 0 heterocycles. The Labute approximate surface area is 190 Å². The molecule has 33 heavy (non-hydrogen) atoms. The van der Waals surface area contributed by atoms with E-state index in [1.165, 1.54) is 36.4 Å². The molecule has 3 rings (SSSR count). The maximum Gasteiger partial charge on any atom is 0.261 e. The van der Waals surface area contributed by atoms with Gasteiger partial charge in [0.05, 0.1) is 10.9 Å². The first-order chi connectivity index (χ1) is 15.6. The van der Waals surface area contributed by atoms with Crippen LogP contribution in [0.1, 0.15) is 22.0 Å². The quantitative estimate of drug-likeness (QED) is 0.515. The third kappa shape index (κ3) is 6.11. The van der Waals surface area contributed by atoms with Crippen LogP contribution in [-0.4, -0.2) is 39.9 Å². The van der Waals surface area contributed by atoms with E-state index in [2.05, 4.69) is 10.0 Å². The summed E-state index contributed by atoms with van der Waals surface area (Å²) in [5, 5.41) is 2.78. The van der Waals surface area contributed by atoms with Crippen LogP contribution in [0.4, 0.5) is 18.9 Å². The van der Waals surface area contributed by atoms with Crippen molar-refractivity contribution in [3.8, 4) is 0 Å². The largest absolute Gasteiger partial charge is 0.350 e. The number of nitrogens with one attached hydrogen (secondary N) is 2. The number of carbonyl (C=O) groups is 1. The molecule has 0 aromatic heterocycles. The number of carbonyl (C=O) groups excluding carboxylic acids is 1. The lowest BCUT2D eigenvalue weighted by Gasteiger charge is -2.25. The maximum absolute atomic E-state index is 13.6. The molecule has 3 aromatic rings. The summed E-state index contributed by atoms with van der Waals surface area (Å²) in [6.45, 7) is 0.222. The molecule has 0 aliphatic rings. The minimum absolute atomic E-state index is 0.141. The van der Waals surface area contributed by atoms with Gasteiger partial charge in [-0.25, -0.2) is 21.6 Å². The molecule has 1 atom stereocenters. The van der Waals surface area contributed by atoms with E-state index in [1.54, 1.807) is 12.1 Å². The van der Waals surface area contributed by atoms with E-state index in [0.29, 0.717) is 11.6 Å². The van der Waals surface area contributed by atoms with Gasteiger partial charge >= 0.3 is 0 Å². The van der Waals surface area contributed by atoms with Crippen molar-refractivity contribution in [2.24, 2.45) is 0 Å². The van der Waals surface area contributed by atoms with Crippen LogP contribution in [0.15, 0.2) is 71.6 Å². The highest BCUT2D eigenvalue weighted by molar-refractivity contribution is 7.92. The molecule has 0 aliphatic carbocycles. The Kier molecular flexibility index (Phi) is 7.39. The van der Waals surface area contributed by atoms with Crippen molar-refractivity contribution >= 4 is 21.6 Å². The molecule has 0 saturated carbocycles. The van der Waals surface area contributed by atoms with E-state index < -0.39 is 32.5 Å². The molecule has 0 radical (unpaired) electrons. The topological polar surface area (TPSA) is 78.5 Å². The van der Waals surface area contributed by atoms with E-state index in [4.69, 9.17) is 0 Å². The van der Waals surface area contributed by atoms with E-state index in [1.807, 2.05) is 19.0 Å². The number of sulfonamides is 1. The highest BCUT2D eigenvalue weighted by Crippen LogP contribution is 2.20. The van der Waals surface area contributed by atoms with Gasteiger partial charge in [0.1, 0.15) is 5.82 Å². The van der Waals surface area contributed by atoms with Gasteiger partial charge in [0.25, 0.3) is 15.9 Å². The Morgan fingerprint density at radius 3 is 2.24 bits per heavy atom. The maximum atomic E-state index is 13.6. The lowest BCUT2D eigenvalue weighted by atomic mass is 10.1. The summed E-state index contributed by atoms with van der Waals surface area (Å²) < 4.78 is 67.0. The molecule has 0 saturated heterocycles. The van der Waals surface area contributed by atoms with Crippen LogP contribution in [0.5, 0.6) is 0 Å². The molecule has 0 spiro atoms. The third-order valence-corrected chi connectivity index (χ3v) is 6.29. The summed E-state index contributed by atoms with van der Waals surface area (Å²) in [4.78, 5) is 14.0. The highest BCUT2D eigenvalue weighted by Gasteiger charge is 2.18. The Hall–Kier alpha value is -3.37. The van der Waals surface area contributed by atoms with Crippen molar-refractivity contribution < 1.29 is 26.4 Å². The fourth-order valence-corrected chi connectivity index (χ4v) is 4.22. The van der Waals surface area contributed by atoms with Crippen molar-refractivity contribution in [2.45, 2.75) is 10.9 Å². The Morgan fingerprint density at radius 2 is 1.64 bits per heavy atom. The number of halogens is 3. The molecule has 6 nitrogen and oxygen atoms in total. The van der Waals surface area contributed by atoms with Crippen molar-refractivity contribution in [1.29, 1.82) is 0 Å². The van der Waals surface area contributed by atoms with Crippen LogP contribution in [0, 0.1) is 17.5 Å². The second-order valence-electron chi connectivity index (χ2n) is 7.50. The van der Waals surface area contributed by atoms with Crippen molar-refractivity contribution in [1.82, 2.24) is 10.2 Å². The number of likely N-dealkylation sites (N-methyl/N-ethyl adjacent to an activating group) is 1. The molecule has 2 N–H and O–H groups in total. The summed E-state index contributed by atoms with van der Waals surface area (Å²) >= 11 is 0. The predicted molar refractivity (Wildman–Crippen MR) is 119 cm³/mol. The van der Waals surface area contributed by atoms with Crippen LogP contribution in [-0.2, 0) is 10.0 Å². The first-order valence-corrected chi connectivity index (χ1v) is 11.3. The first kappa shape index (κ1) is 24.3. The molecule has 3 aromatic carbocycles. The number of hydrogen-bond donors (Lipinski definition) is 2. The molecular weight excluding hydrogens is 455 g/mol. The zero-order chi connectivity index (χ0) is 24.2. The van der Waals surface area contributed by atoms with Gasteiger partial charge in [0, 0.05) is 17.8 Å². The third-order valence-electron chi connectivity index (χ3n) is 4.91. The Bertz CT molecular complexity index is 1250. The van der Waals surface area contributed by atoms with Gasteiger partial charge in [-0.15, -0.1) is 0 Å². The minimum atomic E-state index is -4.14. The van der Waals surface area contributed by atoms with Crippen LogP contribution < -0.4 is 10.0 Å². The second kappa shape index (κ2) is 10.1. The van der Waals surface area contributed by atoms with Crippen molar-refractivity contribution in [3.05, 3.63) is 95.3 Å². The normalized spacial score (nSPS) is 12.4. The molecule has 1 amide bonds. The van der Waals surface area contributed by atoms with Gasteiger partial charge in [-0.3, -0.25) is 9.52 Å². The fraction of sp³-hybridized carbons (Fsp3) is 0.174. The zero-order valence-electron chi connectivity index (χ0n) is 17.8. The van der Waals surface area contributed by atoms with E-state index in [0.717, 1.165) is 12.1 Å².